The van der Waals surface area contributed by atoms with E-state index in [0.717, 1.165) is 44.1 Å². The molecule has 1 fully saturated rings. The van der Waals surface area contributed by atoms with Gasteiger partial charge in [0.2, 0.25) is 0 Å². The highest BCUT2D eigenvalue weighted by molar-refractivity contribution is 7.80. The highest BCUT2D eigenvalue weighted by Gasteiger charge is 2.21. The van der Waals surface area contributed by atoms with Crippen LogP contribution in [0.5, 0.6) is 5.75 Å². The van der Waals surface area contributed by atoms with Gasteiger partial charge in [-0.2, -0.15) is 0 Å². The number of anilines is 2. The number of halogens is 1. The number of benzene rings is 2. The molecule has 1 saturated heterocycles. The smallest absolute Gasteiger partial charge is 0.257 e. The van der Waals surface area contributed by atoms with Crippen LogP contribution in [-0.2, 0) is 0 Å². The van der Waals surface area contributed by atoms with Gasteiger partial charge in [0.25, 0.3) is 5.91 Å². The van der Waals surface area contributed by atoms with Crippen LogP contribution < -0.4 is 20.3 Å². The van der Waals surface area contributed by atoms with Crippen molar-refractivity contribution in [2.24, 2.45) is 0 Å². The van der Waals surface area contributed by atoms with Crippen LogP contribution in [0.3, 0.4) is 0 Å². The highest BCUT2D eigenvalue weighted by atomic mass is 35.5. The van der Waals surface area contributed by atoms with E-state index >= 15 is 0 Å². The van der Waals surface area contributed by atoms with Gasteiger partial charge in [-0.1, -0.05) is 24.6 Å². The molecule has 2 N–H and O–H groups in total. The fraction of sp³-hybridized carbons (Fsp3) is 0.333. The Hall–Kier alpha value is -2.35. The molecule has 29 heavy (non-hydrogen) atoms. The van der Waals surface area contributed by atoms with Crippen molar-refractivity contribution in [3.05, 3.63) is 53.1 Å². The Morgan fingerprint density at radius 3 is 2.45 bits per heavy atom. The molecule has 0 unspecified atom stereocenters. The molecule has 2 aromatic carbocycles. The number of amides is 1. The van der Waals surface area contributed by atoms with E-state index in [1.54, 1.807) is 31.4 Å². The molecule has 1 aliphatic heterocycles. The summed E-state index contributed by atoms with van der Waals surface area (Å²) < 4.78 is 5.11. The molecule has 1 aliphatic rings. The van der Waals surface area contributed by atoms with Gasteiger partial charge in [0.1, 0.15) is 5.75 Å². The number of thiocarbonyl (C=S) groups is 1. The molecule has 0 aliphatic carbocycles. The molecular weight excluding hydrogens is 408 g/mol. The first-order chi connectivity index (χ1) is 14.0. The maximum Gasteiger partial charge on any atom is 0.257 e. The number of carbonyl (C=O) groups excluding carboxylic acids is 1. The minimum atomic E-state index is -0.287. The second-order valence-electron chi connectivity index (χ2n) is 6.69. The summed E-state index contributed by atoms with van der Waals surface area (Å²) in [5.41, 5.74) is 2.19. The zero-order valence-electron chi connectivity index (χ0n) is 16.6. The Labute approximate surface area is 181 Å². The topological polar surface area (TPSA) is 56.8 Å². The lowest BCUT2D eigenvalue weighted by Crippen LogP contribution is -2.46. The van der Waals surface area contributed by atoms with Gasteiger partial charge in [-0.05, 0) is 55.2 Å². The predicted octanol–water partition coefficient (Wildman–Crippen LogP) is 3.62. The van der Waals surface area contributed by atoms with Gasteiger partial charge < -0.3 is 19.9 Å². The van der Waals surface area contributed by atoms with Gasteiger partial charge in [0.15, 0.2) is 5.11 Å². The number of likely N-dealkylation sites (N-methyl/N-ethyl adjacent to an activating group) is 1. The van der Waals surface area contributed by atoms with Crippen LogP contribution in [0.25, 0.3) is 0 Å². The van der Waals surface area contributed by atoms with E-state index in [0.29, 0.717) is 16.3 Å². The van der Waals surface area contributed by atoms with Crippen LogP contribution >= 0.6 is 23.8 Å². The van der Waals surface area contributed by atoms with Crippen molar-refractivity contribution in [2.45, 2.75) is 6.92 Å². The fourth-order valence-corrected chi connectivity index (χ4v) is 3.79. The van der Waals surface area contributed by atoms with Crippen LogP contribution in [0, 0.1) is 0 Å². The van der Waals surface area contributed by atoms with Crippen LogP contribution in [0.1, 0.15) is 17.3 Å². The van der Waals surface area contributed by atoms with Gasteiger partial charge in [0.05, 0.1) is 23.5 Å². The number of nitrogens with one attached hydrogen (secondary N) is 2. The molecule has 8 heteroatoms. The van der Waals surface area contributed by atoms with Crippen molar-refractivity contribution in [3.63, 3.8) is 0 Å². The van der Waals surface area contributed by atoms with Crippen molar-refractivity contribution in [3.8, 4) is 5.75 Å². The maximum atomic E-state index is 12.4. The number of nitrogens with zero attached hydrogens (tertiary/aromatic N) is 2. The minimum Gasteiger partial charge on any atom is -0.497 e. The number of piperazine rings is 1. The standard InChI is InChI=1S/C21H25ClN4O2S/c1-3-25-11-13-26(14-12-25)19-17(22)5-4-6-18(19)23-21(29)24-20(27)15-7-9-16(28-2)10-8-15/h4-10H,3,11-14H2,1-2H3,(H2,23,24,27,29). The molecule has 0 aromatic heterocycles. The van der Waals surface area contributed by atoms with E-state index in [9.17, 15) is 4.79 Å². The van der Waals surface area contributed by atoms with Crippen LogP contribution in [0.15, 0.2) is 42.5 Å². The summed E-state index contributed by atoms with van der Waals surface area (Å²) in [6.07, 6.45) is 0. The first kappa shape index (κ1) is 21.4. The average molecular weight is 433 g/mol. The molecule has 0 spiro atoms. The summed E-state index contributed by atoms with van der Waals surface area (Å²) in [6.45, 7) is 6.96. The van der Waals surface area contributed by atoms with Crippen molar-refractivity contribution in [1.29, 1.82) is 0 Å². The Bertz CT molecular complexity index is 867. The lowest BCUT2D eigenvalue weighted by Gasteiger charge is -2.37. The Morgan fingerprint density at radius 1 is 1.14 bits per heavy atom. The molecule has 0 radical (unpaired) electrons. The average Bonchev–Trinajstić information content (AvgIpc) is 2.74. The minimum absolute atomic E-state index is 0.224. The molecule has 154 valence electrons. The molecule has 1 amide bonds. The fourth-order valence-electron chi connectivity index (χ4n) is 3.30. The molecule has 1 heterocycles. The van der Waals surface area contributed by atoms with Crippen molar-refractivity contribution in [2.75, 3.05) is 50.1 Å². The third-order valence-corrected chi connectivity index (χ3v) is 5.46. The van der Waals surface area contributed by atoms with Crippen molar-refractivity contribution in [1.82, 2.24) is 10.2 Å². The van der Waals surface area contributed by atoms with Crippen molar-refractivity contribution >= 4 is 46.2 Å². The van der Waals surface area contributed by atoms with E-state index in [1.165, 1.54) is 0 Å². The summed E-state index contributed by atoms with van der Waals surface area (Å²) in [5.74, 6) is 0.402. The van der Waals surface area contributed by atoms with Gasteiger partial charge in [-0.15, -0.1) is 0 Å². The zero-order chi connectivity index (χ0) is 20.8. The molecular formula is C21H25ClN4O2S. The van der Waals surface area contributed by atoms with Crippen molar-refractivity contribution < 1.29 is 9.53 Å². The van der Waals surface area contributed by atoms with Crippen LogP contribution in [-0.4, -0.2) is 55.8 Å². The molecule has 0 atom stereocenters. The zero-order valence-corrected chi connectivity index (χ0v) is 18.1. The lowest BCUT2D eigenvalue weighted by molar-refractivity contribution is 0.0977. The van der Waals surface area contributed by atoms with E-state index in [4.69, 9.17) is 28.6 Å². The normalized spacial score (nSPS) is 14.4. The molecule has 2 aromatic rings. The molecule has 3 rings (SSSR count). The summed E-state index contributed by atoms with van der Waals surface area (Å²) in [4.78, 5) is 17.1. The van der Waals surface area contributed by atoms with Crippen LogP contribution in [0.2, 0.25) is 5.02 Å². The van der Waals surface area contributed by atoms with Gasteiger partial charge in [-0.3, -0.25) is 10.1 Å². The Kier molecular flexibility index (Phi) is 7.30. The quantitative estimate of drug-likeness (QED) is 0.704. The third kappa shape index (κ3) is 5.38. The van der Waals surface area contributed by atoms with Gasteiger partial charge >= 0.3 is 0 Å². The largest absolute Gasteiger partial charge is 0.497 e. The molecule has 0 bridgehead atoms. The Balaban J connectivity index is 1.68. The summed E-state index contributed by atoms with van der Waals surface area (Å²) >= 11 is 11.9. The number of hydrogen-bond acceptors (Lipinski definition) is 5. The predicted molar refractivity (Wildman–Crippen MR) is 122 cm³/mol. The maximum absolute atomic E-state index is 12.4. The van der Waals surface area contributed by atoms with E-state index in [-0.39, 0.29) is 11.0 Å². The summed E-state index contributed by atoms with van der Waals surface area (Å²) in [5, 5.41) is 6.73. The molecule has 6 nitrogen and oxygen atoms in total. The Morgan fingerprint density at radius 2 is 1.83 bits per heavy atom. The number of ether oxygens (including phenoxy) is 1. The molecule has 0 saturated carbocycles. The van der Waals surface area contributed by atoms with Gasteiger partial charge in [-0.25, -0.2) is 0 Å². The van der Waals surface area contributed by atoms with E-state index in [2.05, 4.69) is 27.4 Å². The summed E-state index contributed by atoms with van der Waals surface area (Å²) in [7, 11) is 1.58. The highest BCUT2D eigenvalue weighted by Crippen LogP contribution is 2.34. The number of hydrogen-bond donors (Lipinski definition) is 2. The monoisotopic (exact) mass is 432 g/mol. The first-order valence-corrected chi connectivity index (χ1v) is 10.3. The second-order valence-corrected chi connectivity index (χ2v) is 7.51. The van der Waals surface area contributed by atoms with E-state index in [1.807, 2.05) is 18.2 Å². The van der Waals surface area contributed by atoms with Gasteiger partial charge in [0, 0.05) is 31.7 Å². The summed E-state index contributed by atoms with van der Waals surface area (Å²) in [6, 6.07) is 12.5. The third-order valence-electron chi connectivity index (χ3n) is 4.95. The number of carbonyl (C=O) groups is 1. The first-order valence-electron chi connectivity index (χ1n) is 9.54. The van der Waals surface area contributed by atoms with E-state index < -0.39 is 0 Å². The number of rotatable bonds is 5. The van der Waals surface area contributed by atoms with Crippen LogP contribution in [0.4, 0.5) is 11.4 Å². The number of para-hydroxylation sites is 1. The lowest BCUT2D eigenvalue weighted by atomic mass is 10.2. The SMILES string of the molecule is CCN1CCN(c2c(Cl)cccc2NC(=S)NC(=O)c2ccc(OC)cc2)CC1. The second kappa shape index (κ2) is 9.91. The number of methoxy groups -OCH3 is 1.